The van der Waals surface area contributed by atoms with E-state index in [9.17, 15) is 19.1 Å². The predicted molar refractivity (Wildman–Crippen MR) is 144 cm³/mol. The standard InChI is InChI=1S/C29H25F2N7O/c1-36-15-22(13-35-36)38-16-25(23-4-2-3-17(12-32)28(23)39)26-27(37-7-5-21(33)6-8-37)24(14-34-29(26)38)18-9-19(30)11-20(31)10-18/h2-4,9-11,13-16,21,39H,5-8,33H2,1H3. The molecule has 0 saturated carbocycles. The molecule has 0 radical (unpaired) electrons. The number of nitrogens with zero attached hydrogens (tertiary/aromatic N) is 6. The molecule has 8 nitrogen and oxygen atoms in total. The Kier molecular flexibility index (Phi) is 6.00. The van der Waals surface area contributed by atoms with Crippen LogP contribution in [-0.4, -0.2) is 43.6 Å². The molecule has 0 bridgehead atoms. The monoisotopic (exact) mass is 525 g/mol. The van der Waals surface area contributed by atoms with Crippen molar-refractivity contribution in [3.05, 3.63) is 78.4 Å². The third kappa shape index (κ3) is 4.27. The van der Waals surface area contributed by atoms with E-state index in [1.54, 1.807) is 35.3 Å². The van der Waals surface area contributed by atoms with Crippen LogP contribution >= 0.6 is 0 Å². The molecule has 1 saturated heterocycles. The highest BCUT2D eigenvalue weighted by molar-refractivity contribution is 6.09. The maximum atomic E-state index is 14.4. The second-order valence-corrected chi connectivity index (χ2v) is 9.80. The SMILES string of the molecule is Cn1cc(-n2cc(-c3cccc(C#N)c3O)c3c(N4CCC(N)CC4)c(-c4cc(F)cc(F)c4)cnc32)cn1. The van der Waals surface area contributed by atoms with E-state index in [4.69, 9.17) is 10.7 Å². The van der Waals surface area contributed by atoms with Gasteiger partial charge in [0, 0.05) is 67.5 Å². The summed E-state index contributed by atoms with van der Waals surface area (Å²) in [6, 6.07) is 10.5. The highest BCUT2D eigenvalue weighted by atomic mass is 19.1. The molecule has 1 aliphatic heterocycles. The molecule has 3 N–H and O–H groups in total. The summed E-state index contributed by atoms with van der Waals surface area (Å²) in [6.45, 7) is 1.26. The van der Waals surface area contributed by atoms with Gasteiger partial charge in [0.15, 0.2) is 0 Å². The van der Waals surface area contributed by atoms with E-state index >= 15 is 0 Å². The number of nitrogens with two attached hydrogens (primary N) is 1. The molecule has 4 heterocycles. The van der Waals surface area contributed by atoms with E-state index < -0.39 is 11.6 Å². The number of anilines is 1. The van der Waals surface area contributed by atoms with Crippen LogP contribution in [0.4, 0.5) is 14.5 Å². The summed E-state index contributed by atoms with van der Waals surface area (Å²) < 4.78 is 32.3. The Morgan fingerprint density at radius 1 is 1.03 bits per heavy atom. The molecule has 0 spiro atoms. The summed E-state index contributed by atoms with van der Waals surface area (Å²) in [7, 11) is 1.81. The lowest BCUT2D eigenvalue weighted by atomic mass is 9.95. The number of aromatic nitrogens is 4. The highest BCUT2D eigenvalue weighted by Crippen LogP contribution is 2.46. The molecule has 3 aromatic heterocycles. The molecule has 0 amide bonds. The highest BCUT2D eigenvalue weighted by Gasteiger charge is 2.28. The topological polar surface area (TPSA) is 109 Å². The predicted octanol–water partition coefficient (Wildman–Crippen LogP) is 4.88. The Hall–Kier alpha value is -4.75. The fourth-order valence-electron chi connectivity index (χ4n) is 5.33. The minimum absolute atomic E-state index is 0.0597. The van der Waals surface area contributed by atoms with Gasteiger partial charge in [-0.3, -0.25) is 9.25 Å². The molecule has 196 valence electrons. The fourth-order valence-corrected chi connectivity index (χ4v) is 5.33. The molecule has 0 atom stereocenters. The smallest absolute Gasteiger partial charge is 0.147 e. The van der Waals surface area contributed by atoms with Gasteiger partial charge >= 0.3 is 0 Å². The minimum Gasteiger partial charge on any atom is -0.506 e. The van der Waals surface area contributed by atoms with Gasteiger partial charge < -0.3 is 15.7 Å². The summed E-state index contributed by atoms with van der Waals surface area (Å²) >= 11 is 0. The molecule has 1 aliphatic rings. The summed E-state index contributed by atoms with van der Waals surface area (Å²) in [6.07, 6.45) is 8.50. The summed E-state index contributed by atoms with van der Waals surface area (Å²) in [5, 5.41) is 25.7. The van der Waals surface area contributed by atoms with Gasteiger partial charge in [-0.05, 0) is 36.6 Å². The van der Waals surface area contributed by atoms with Crippen molar-refractivity contribution in [3.63, 3.8) is 0 Å². The van der Waals surface area contributed by atoms with Gasteiger partial charge in [0.25, 0.3) is 0 Å². The number of aryl methyl sites for hydroxylation is 1. The van der Waals surface area contributed by atoms with Crippen LogP contribution in [0.1, 0.15) is 18.4 Å². The van der Waals surface area contributed by atoms with E-state index in [2.05, 4.69) is 10.00 Å². The molecule has 0 unspecified atom stereocenters. The zero-order valence-electron chi connectivity index (χ0n) is 21.1. The quantitative estimate of drug-likeness (QED) is 0.346. The van der Waals surface area contributed by atoms with Crippen LogP contribution in [0, 0.1) is 23.0 Å². The van der Waals surface area contributed by atoms with Crippen molar-refractivity contribution in [2.45, 2.75) is 18.9 Å². The number of benzene rings is 2. The fraction of sp³-hybridized carbons (Fsp3) is 0.207. The van der Waals surface area contributed by atoms with Crippen molar-refractivity contribution in [2.75, 3.05) is 18.0 Å². The normalized spacial score (nSPS) is 14.2. The van der Waals surface area contributed by atoms with Crippen LogP contribution in [0.3, 0.4) is 0 Å². The average Bonchev–Trinajstić information content (AvgIpc) is 3.52. The Bertz CT molecular complexity index is 1740. The second kappa shape index (κ2) is 9.53. The van der Waals surface area contributed by atoms with E-state index in [1.165, 1.54) is 12.1 Å². The molecule has 0 aliphatic carbocycles. The number of para-hydroxylation sites is 1. The van der Waals surface area contributed by atoms with Gasteiger partial charge in [0.1, 0.15) is 29.1 Å². The first kappa shape index (κ1) is 24.6. The summed E-state index contributed by atoms with van der Waals surface area (Å²) in [4.78, 5) is 6.93. The number of aromatic hydroxyl groups is 1. The van der Waals surface area contributed by atoms with Gasteiger partial charge in [-0.15, -0.1) is 0 Å². The Morgan fingerprint density at radius 3 is 2.44 bits per heavy atom. The number of phenolic OH excluding ortho intramolecular Hbond substituents is 1. The number of pyridine rings is 1. The van der Waals surface area contributed by atoms with E-state index in [0.717, 1.165) is 30.3 Å². The zero-order chi connectivity index (χ0) is 27.3. The lowest BCUT2D eigenvalue weighted by Crippen LogP contribution is -2.40. The van der Waals surface area contributed by atoms with Crippen molar-refractivity contribution >= 4 is 16.7 Å². The molecule has 6 rings (SSSR count). The van der Waals surface area contributed by atoms with Crippen LogP contribution in [-0.2, 0) is 7.05 Å². The van der Waals surface area contributed by atoms with Gasteiger partial charge in [-0.1, -0.05) is 12.1 Å². The van der Waals surface area contributed by atoms with Crippen LogP contribution < -0.4 is 10.6 Å². The van der Waals surface area contributed by atoms with Crippen LogP contribution in [0.2, 0.25) is 0 Å². The molecular weight excluding hydrogens is 500 g/mol. The lowest BCUT2D eigenvalue weighted by molar-refractivity contribution is 0.475. The average molecular weight is 526 g/mol. The third-order valence-electron chi connectivity index (χ3n) is 7.23. The summed E-state index contributed by atoms with van der Waals surface area (Å²) in [5.41, 5.74) is 10.4. The van der Waals surface area contributed by atoms with E-state index in [-0.39, 0.29) is 17.4 Å². The zero-order valence-corrected chi connectivity index (χ0v) is 21.1. The number of hydrogen-bond donors (Lipinski definition) is 2. The number of phenols is 1. The van der Waals surface area contributed by atoms with Gasteiger partial charge in [0.05, 0.1) is 28.5 Å². The number of rotatable bonds is 4. The number of fused-ring (bicyclic) bond motifs is 1. The van der Waals surface area contributed by atoms with Crippen molar-refractivity contribution in [2.24, 2.45) is 12.8 Å². The lowest BCUT2D eigenvalue weighted by Gasteiger charge is -2.34. The Labute approximate surface area is 223 Å². The number of nitriles is 1. The van der Waals surface area contributed by atoms with Crippen LogP contribution in [0.25, 0.3) is 39.0 Å². The second-order valence-electron chi connectivity index (χ2n) is 9.80. The van der Waals surface area contributed by atoms with Crippen molar-refractivity contribution < 1.29 is 13.9 Å². The Morgan fingerprint density at radius 2 is 1.77 bits per heavy atom. The van der Waals surface area contributed by atoms with E-state index in [0.29, 0.717) is 46.4 Å². The van der Waals surface area contributed by atoms with Crippen LogP contribution in [0.15, 0.2) is 61.2 Å². The molecular formula is C29H25F2N7O. The third-order valence-corrected chi connectivity index (χ3v) is 7.23. The van der Waals surface area contributed by atoms with Crippen LogP contribution in [0.5, 0.6) is 5.75 Å². The molecule has 5 aromatic rings. The van der Waals surface area contributed by atoms with Gasteiger partial charge in [-0.2, -0.15) is 10.4 Å². The summed E-state index contributed by atoms with van der Waals surface area (Å²) in [5.74, 6) is -1.53. The van der Waals surface area contributed by atoms with Gasteiger partial charge in [0.2, 0.25) is 0 Å². The largest absolute Gasteiger partial charge is 0.506 e. The first-order valence-corrected chi connectivity index (χ1v) is 12.6. The van der Waals surface area contributed by atoms with Crippen molar-refractivity contribution in [3.8, 4) is 39.8 Å². The van der Waals surface area contributed by atoms with E-state index in [1.807, 2.05) is 30.1 Å². The van der Waals surface area contributed by atoms with Gasteiger partial charge in [-0.25, -0.2) is 13.8 Å². The first-order valence-electron chi connectivity index (χ1n) is 12.6. The van der Waals surface area contributed by atoms with Crippen molar-refractivity contribution in [1.82, 2.24) is 19.3 Å². The minimum atomic E-state index is -0.691. The molecule has 1 fully saturated rings. The first-order chi connectivity index (χ1) is 18.8. The Balaban J connectivity index is 1.73. The number of halogens is 2. The molecule has 39 heavy (non-hydrogen) atoms. The number of hydrogen-bond acceptors (Lipinski definition) is 6. The maximum absolute atomic E-state index is 14.4. The molecule has 10 heteroatoms. The maximum Gasteiger partial charge on any atom is 0.147 e. The number of piperidine rings is 1. The molecule has 2 aromatic carbocycles. The van der Waals surface area contributed by atoms with Crippen molar-refractivity contribution in [1.29, 1.82) is 5.26 Å².